The van der Waals surface area contributed by atoms with Crippen molar-refractivity contribution in [3.8, 4) is 0 Å². The van der Waals surface area contributed by atoms with E-state index in [1.54, 1.807) is 0 Å². The fraction of sp³-hybridized carbons (Fsp3) is 0.923. The summed E-state index contributed by atoms with van der Waals surface area (Å²) in [4.78, 5) is 18.0. The van der Waals surface area contributed by atoms with Gasteiger partial charge in [-0.15, -0.1) is 0 Å². The monoisotopic (exact) mass is 318 g/mol. The molecule has 3 rings (SSSR count). The third kappa shape index (κ3) is 3.08. The van der Waals surface area contributed by atoms with Crippen LogP contribution in [-0.2, 0) is 24.4 Å². The van der Waals surface area contributed by atoms with Crippen LogP contribution in [-0.4, -0.2) is 69.4 Å². The zero-order chi connectivity index (χ0) is 15.0. The number of sulfonamides is 1. The van der Waals surface area contributed by atoms with E-state index in [1.807, 2.05) is 0 Å². The minimum Gasteiger partial charge on any atom is -0.380 e. The van der Waals surface area contributed by atoms with Gasteiger partial charge < -0.3 is 4.74 Å². The predicted octanol–water partition coefficient (Wildman–Crippen LogP) is -0.306. The van der Waals surface area contributed by atoms with E-state index in [0.717, 1.165) is 12.8 Å². The molecule has 21 heavy (non-hydrogen) atoms. The first kappa shape index (κ1) is 15.2. The number of nitrogens with zero attached hydrogens (tertiary/aromatic N) is 2. The Morgan fingerprint density at radius 1 is 1.19 bits per heavy atom. The van der Waals surface area contributed by atoms with Gasteiger partial charge in [-0.3, -0.25) is 9.63 Å². The van der Waals surface area contributed by atoms with Crippen molar-refractivity contribution >= 4 is 15.9 Å². The highest BCUT2D eigenvalue weighted by molar-refractivity contribution is 7.88. The van der Waals surface area contributed by atoms with Crippen molar-refractivity contribution in [3.63, 3.8) is 0 Å². The molecule has 0 aliphatic carbocycles. The number of rotatable bonds is 2. The molecule has 0 saturated carbocycles. The molecule has 3 heterocycles. The topological polar surface area (TPSA) is 76.2 Å². The van der Waals surface area contributed by atoms with Gasteiger partial charge in [-0.1, -0.05) is 0 Å². The van der Waals surface area contributed by atoms with Gasteiger partial charge in [0.05, 0.1) is 32.0 Å². The second-order valence-electron chi connectivity index (χ2n) is 6.13. The summed E-state index contributed by atoms with van der Waals surface area (Å²) in [6.07, 6.45) is 3.14. The van der Waals surface area contributed by atoms with Crippen LogP contribution in [0.5, 0.6) is 0 Å². The zero-order valence-corrected chi connectivity index (χ0v) is 13.0. The van der Waals surface area contributed by atoms with E-state index in [2.05, 4.69) is 0 Å². The van der Waals surface area contributed by atoms with E-state index in [1.165, 1.54) is 15.6 Å². The Labute approximate surface area is 125 Å². The second kappa shape index (κ2) is 5.83. The molecule has 7 nitrogen and oxygen atoms in total. The van der Waals surface area contributed by atoms with Crippen molar-refractivity contribution in [1.29, 1.82) is 0 Å². The number of hydrogen-bond donors (Lipinski definition) is 0. The van der Waals surface area contributed by atoms with E-state index in [-0.39, 0.29) is 23.7 Å². The van der Waals surface area contributed by atoms with Gasteiger partial charge in [0.1, 0.15) is 0 Å². The molecule has 120 valence electrons. The second-order valence-corrected chi connectivity index (χ2v) is 8.11. The molecule has 0 aromatic rings. The molecule has 0 aromatic heterocycles. The number of hydroxylamine groups is 2. The van der Waals surface area contributed by atoms with Crippen LogP contribution >= 0.6 is 0 Å². The minimum atomic E-state index is -3.21. The minimum absolute atomic E-state index is 0.0338. The molecule has 3 aliphatic heterocycles. The molecule has 0 unspecified atom stereocenters. The van der Waals surface area contributed by atoms with E-state index in [9.17, 15) is 13.2 Å². The predicted molar refractivity (Wildman–Crippen MR) is 74.6 cm³/mol. The lowest BCUT2D eigenvalue weighted by Gasteiger charge is -2.36. The Balaban J connectivity index is 1.72. The Hall–Kier alpha value is -0.700. The van der Waals surface area contributed by atoms with Crippen molar-refractivity contribution in [2.24, 2.45) is 17.8 Å². The molecule has 3 saturated heterocycles. The van der Waals surface area contributed by atoms with Crippen molar-refractivity contribution < 1.29 is 22.8 Å². The summed E-state index contributed by atoms with van der Waals surface area (Å²) in [7, 11) is -3.21. The molecule has 8 heteroatoms. The Morgan fingerprint density at radius 3 is 2.67 bits per heavy atom. The highest BCUT2D eigenvalue weighted by atomic mass is 32.2. The maximum absolute atomic E-state index is 12.6. The number of amides is 1. The molecule has 1 amide bonds. The number of fused-ring (bicyclic) bond motifs is 1. The summed E-state index contributed by atoms with van der Waals surface area (Å²) >= 11 is 0. The largest absolute Gasteiger partial charge is 0.380 e. The van der Waals surface area contributed by atoms with E-state index in [4.69, 9.17) is 9.57 Å². The average molecular weight is 318 g/mol. The molecule has 0 radical (unpaired) electrons. The van der Waals surface area contributed by atoms with E-state index >= 15 is 0 Å². The summed E-state index contributed by atoms with van der Waals surface area (Å²) in [5.41, 5.74) is 0. The standard InChI is InChI=1S/C13H22N2O5S/c1-21(17,18)14-6-10-8-19-9-12(11(10)7-14)13(16)15-4-2-3-5-20-15/h10-12H,2-9H2,1H3/t10-,11-,12+/m1/s1. The highest BCUT2D eigenvalue weighted by Gasteiger charge is 2.47. The van der Waals surface area contributed by atoms with Crippen LogP contribution in [0.2, 0.25) is 0 Å². The normalized spacial score (nSPS) is 34.7. The third-order valence-corrected chi connectivity index (χ3v) is 5.88. The SMILES string of the molecule is CS(=O)(=O)N1C[C@@H]2COC[C@H](C(=O)N3CCCCO3)[C@@H]2C1. The average Bonchev–Trinajstić information content (AvgIpc) is 2.91. The fourth-order valence-electron chi connectivity index (χ4n) is 3.44. The summed E-state index contributed by atoms with van der Waals surface area (Å²) < 4.78 is 30.5. The van der Waals surface area contributed by atoms with Crippen molar-refractivity contribution in [2.75, 3.05) is 45.7 Å². The van der Waals surface area contributed by atoms with Gasteiger partial charge in [0, 0.05) is 25.6 Å². The number of hydrogen-bond acceptors (Lipinski definition) is 5. The van der Waals surface area contributed by atoms with Crippen molar-refractivity contribution in [2.45, 2.75) is 12.8 Å². The number of ether oxygens (including phenoxy) is 1. The quantitative estimate of drug-likeness (QED) is 0.698. The molecule has 3 aliphatic rings. The lowest BCUT2D eigenvalue weighted by Crippen LogP contribution is -2.47. The highest BCUT2D eigenvalue weighted by Crippen LogP contribution is 2.36. The molecule has 0 N–H and O–H groups in total. The molecule has 0 bridgehead atoms. The maximum Gasteiger partial charge on any atom is 0.251 e. The van der Waals surface area contributed by atoms with Gasteiger partial charge in [0.2, 0.25) is 10.0 Å². The summed E-state index contributed by atoms with van der Waals surface area (Å²) in [5.74, 6) is -0.216. The first-order valence-electron chi connectivity index (χ1n) is 7.44. The van der Waals surface area contributed by atoms with Crippen molar-refractivity contribution in [1.82, 2.24) is 9.37 Å². The maximum atomic E-state index is 12.6. The van der Waals surface area contributed by atoms with E-state index in [0.29, 0.717) is 39.5 Å². The van der Waals surface area contributed by atoms with Gasteiger partial charge in [0.15, 0.2) is 0 Å². The van der Waals surface area contributed by atoms with Gasteiger partial charge in [0.25, 0.3) is 5.91 Å². The van der Waals surface area contributed by atoms with Gasteiger partial charge in [-0.2, -0.15) is 0 Å². The van der Waals surface area contributed by atoms with Crippen LogP contribution in [0.15, 0.2) is 0 Å². The fourth-order valence-corrected chi connectivity index (χ4v) is 4.34. The first-order chi connectivity index (χ1) is 9.97. The molecule has 0 aromatic carbocycles. The Bertz CT molecular complexity index is 503. The lowest BCUT2D eigenvalue weighted by atomic mass is 9.82. The van der Waals surface area contributed by atoms with Crippen LogP contribution < -0.4 is 0 Å². The Kier molecular flexibility index (Phi) is 4.22. The van der Waals surface area contributed by atoms with Crippen LogP contribution in [0.3, 0.4) is 0 Å². The molecule has 3 fully saturated rings. The van der Waals surface area contributed by atoms with Gasteiger partial charge in [-0.05, 0) is 18.8 Å². The third-order valence-electron chi connectivity index (χ3n) is 4.64. The molecule has 0 spiro atoms. The van der Waals surface area contributed by atoms with E-state index < -0.39 is 10.0 Å². The van der Waals surface area contributed by atoms with Gasteiger partial charge >= 0.3 is 0 Å². The molecule has 3 atom stereocenters. The smallest absolute Gasteiger partial charge is 0.251 e. The van der Waals surface area contributed by atoms with Crippen molar-refractivity contribution in [3.05, 3.63) is 0 Å². The first-order valence-corrected chi connectivity index (χ1v) is 9.29. The lowest BCUT2D eigenvalue weighted by molar-refractivity contribution is -0.207. The summed E-state index contributed by atoms with van der Waals surface area (Å²) in [6.45, 7) is 2.94. The van der Waals surface area contributed by atoms with Crippen LogP contribution in [0.1, 0.15) is 12.8 Å². The van der Waals surface area contributed by atoms with Crippen LogP contribution in [0.25, 0.3) is 0 Å². The Morgan fingerprint density at radius 2 is 2.00 bits per heavy atom. The molecular weight excluding hydrogens is 296 g/mol. The zero-order valence-electron chi connectivity index (χ0n) is 12.2. The molecular formula is C13H22N2O5S. The van der Waals surface area contributed by atoms with Crippen LogP contribution in [0.4, 0.5) is 0 Å². The summed E-state index contributed by atoms with van der Waals surface area (Å²) in [6, 6.07) is 0. The van der Waals surface area contributed by atoms with Crippen LogP contribution in [0, 0.1) is 17.8 Å². The number of carbonyl (C=O) groups is 1. The van der Waals surface area contributed by atoms with Gasteiger partial charge in [-0.25, -0.2) is 17.8 Å². The number of carbonyl (C=O) groups excluding carboxylic acids is 1. The summed E-state index contributed by atoms with van der Waals surface area (Å²) in [5, 5.41) is 1.45.